The summed E-state index contributed by atoms with van der Waals surface area (Å²) >= 11 is 0. The van der Waals surface area contributed by atoms with E-state index >= 15 is 0 Å². The number of nitrogens with zero attached hydrogens (tertiary/aromatic N) is 1. The molecular formula is C22H25NO5. The summed E-state index contributed by atoms with van der Waals surface area (Å²) in [4.78, 5) is 0. The zero-order valence-corrected chi connectivity index (χ0v) is 16.1. The molecule has 2 heterocycles. The molecule has 2 aromatic rings. The van der Waals surface area contributed by atoms with Crippen molar-refractivity contribution in [2.75, 3.05) is 0 Å². The van der Waals surface area contributed by atoms with Crippen LogP contribution in [-0.2, 0) is 32.1 Å². The van der Waals surface area contributed by atoms with E-state index in [1.807, 2.05) is 74.5 Å². The first-order chi connectivity index (χ1) is 13.5. The van der Waals surface area contributed by atoms with Crippen LogP contribution in [0.4, 0.5) is 0 Å². The first-order valence-corrected chi connectivity index (χ1v) is 9.49. The molecule has 0 spiro atoms. The number of hydroxylamine groups is 1. The molecule has 0 bridgehead atoms. The number of hydrogen-bond acceptors (Lipinski definition) is 5. The first kappa shape index (κ1) is 19.1. The van der Waals surface area contributed by atoms with Crippen LogP contribution in [0.2, 0.25) is 0 Å². The molecular weight excluding hydrogens is 358 g/mol. The molecule has 2 aromatic carbocycles. The fourth-order valence-corrected chi connectivity index (χ4v) is 3.56. The van der Waals surface area contributed by atoms with Crippen molar-refractivity contribution in [3.05, 3.63) is 77.0 Å². The Labute approximate surface area is 164 Å². The third kappa shape index (κ3) is 4.42. The molecule has 0 aromatic heterocycles. The minimum Gasteiger partial charge on any atom is -0.624 e. The molecule has 0 amide bonds. The number of fused-ring (bicyclic) bond motifs is 1. The lowest BCUT2D eigenvalue weighted by atomic mass is 10.1. The second-order valence-electron chi connectivity index (χ2n) is 7.54. The highest BCUT2D eigenvalue weighted by atomic mass is 16.8. The number of ether oxygens (including phenoxy) is 4. The van der Waals surface area contributed by atoms with E-state index in [1.165, 1.54) is 6.21 Å². The van der Waals surface area contributed by atoms with E-state index in [4.69, 9.17) is 18.9 Å². The Kier molecular flexibility index (Phi) is 5.46. The summed E-state index contributed by atoms with van der Waals surface area (Å²) in [5, 5.41) is 12.5. The molecule has 6 heteroatoms. The van der Waals surface area contributed by atoms with Crippen LogP contribution in [0.3, 0.4) is 0 Å². The van der Waals surface area contributed by atoms with Crippen molar-refractivity contribution in [1.29, 1.82) is 0 Å². The van der Waals surface area contributed by atoms with Crippen LogP contribution in [0, 0.1) is 5.21 Å². The lowest BCUT2D eigenvalue weighted by Crippen LogP contribution is -2.38. The average molecular weight is 383 g/mol. The summed E-state index contributed by atoms with van der Waals surface area (Å²) in [5.74, 6) is -0.740. The standard InChI is InChI=1S/C22H25NO5/c1-22(2)27-20-19(25-15-17-11-7-4-8-12-17)18(26-21(20)28-22)14-23(24)13-16-9-5-3-6-10-16/h3-12,14,18-21H,13,15H2,1-2H3/b23-14+/t18-,19-,20-,21-/m1/s1. The maximum atomic E-state index is 12.5. The molecule has 0 aliphatic carbocycles. The van der Waals surface area contributed by atoms with Crippen LogP contribution in [0.25, 0.3) is 0 Å². The van der Waals surface area contributed by atoms with Gasteiger partial charge in [0.2, 0.25) is 0 Å². The minimum absolute atomic E-state index is 0.245. The van der Waals surface area contributed by atoms with E-state index in [0.29, 0.717) is 6.61 Å². The average Bonchev–Trinajstić information content (AvgIpc) is 3.12. The Balaban J connectivity index is 1.49. The smallest absolute Gasteiger partial charge is 0.190 e. The fourth-order valence-electron chi connectivity index (χ4n) is 3.56. The molecule has 0 saturated carbocycles. The summed E-state index contributed by atoms with van der Waals surface area (Å²) < 4.78 is 24.8. The van der Waals surface area contributed by atoms with Crippen LogP contribution >= 0.6 is 0 Å². The van der Waals surface area contributed by atoms with Crippen molar-refractivity contribution in [2.24, 2.45) is 0 Å². The van der Waals surface area contributed by atoms with Gasteiger partial charge in [-0.1, -0.05) is 60.7 Å². The van der Waals surface area contributed by atoms with Gasteiger partial charge in [0.05, 0.1) is 6.61 Å². The maximum Gasteiger partial charge on any atom is 0.190 e. The third-order valence-corrected chi connectivity index (χ3v) is 4.81. The molecule has 28 heavy (non-hydrogen) atoms. The van der Waals surface area contributed by atoms with Gasteiger partial charge >= 0.3 is 0 Å². The molecule has 0 unspecified atom stereocenters. The zero-order valence-electron chi connectivity index (χ0n) is 16.1. The molecule has 148 valence electrons. The topological polar surface area (TPSA) is 63.0 Å². The summed E-state index contributed by atoms with van der Waals surface area (Å²) in [6.07, 6.45) is -0.400. The lowest BCUT2D eigenvalue weighted by molar-refractivity contribution is -0.473. The van der Waals surface area contributed by atoms with Gasteiger partial charge in [-0.15, -0.1) is 0 Å². The van der Waals surface area contributed by atoms with Gasteiger partial charge in [-0.3, -0.25) is 0 Å². The van der Waals surface area contributed by atoms with Gasteiger partial charge in [-0.05, 0) is 19.4 Å². The van der Waals surface area contributed by atoms with Crippen LogP contribution in [0.1, 0.15) is 25.0 Å². The van der Waals surface area contributed by atoms with E-state index in [-0.39, 0.29) is 12.6 Å². The molecule has 4 atom stereocenters. The second-order valence-corrected chi connectivity index (χ2v) is 7.54. The van der Waals surface area contributed by atoms with Gasteiger partial charge in [0.15, 0.2) is 30.9 Å². The maximum absolute atomic E-state index is 12.5. The summed E-state index contributed by atoms with van der Waals surface area (Å²) in [7, 11) is 0. The van der Waals surface area contributed by atoms with Crippen LogP contribution < -0.4 is 0 Å². The van der Waals surface area contributed by atoms with Crippen molar-refractivity contribution < 1.29 is 23.7 Å². The van der Waals surface area contributed by atoms with E-state index in [2.05, 4.69) is 0 Å². The number of rotatable bonds is 6. The molecule has 0 N–H and O–H groups in total. The molecule has 2 fully saturated rings. The van der Waals surface area contributed by atoms with E-state index in [0.717, 1.165) is 15.9 Å². The largest absolute Gasteiger partial charge is 0.624 e. The highest BCUT2D eigenvalue weighted by Crippen LogP contribution is 2.38. The third-order valence-electron chi connectivity index (χ3n) is 4.81. The van der Waals surface area contributed by atoms with Gasteiger partial charge in [0.25, 0.3) is 0 Å². The molecule has 2 saturated heterocycles. The van der Waals surface area contributed by atoms with Crippen molar-refractivity contribution in [2.45, 2.75) is 57.4 Å². The monoisotopic (exact) mass is 383 g/mol. The van der Waals surface area contributed by atoms with Gasteiger partial charge in [-0.25, -0.2) is 4.74 Å². The van der Waals surface area contributed by atoms with Crippen molar-refractivity contribution in [1.82, 2.24) is 0 Å². The summed E-state index contributed by atoms with van der Waals surface area (Å²) in [5.41, 5.74) is 1.98. The van der Waals surface area contributed by atoms with Crippen molar-refractivity contribution >= 4 is 6.21 Å². The van der Waals surface area contributed by atoms with Gasteiger partial charge in [0, 0.05) is 5.56 Å². The Morgan fingerprint density at radius 2 is 1.64 bits per heavy atom. The normalized spacial score (nSPS) is 29.0. The summed E-state index contributed by atoms with van der Waals surface area (Å²) in [6, 6.07) is 19.5. The molecule has 2 aliphatic heterocycles. The van der Waals surface area contributed by atoms with E-state index < -0.39 is 24.3 Å². The Bertz CT molecular complexity index is 808. The quantitative estimate of drug-likeness (QED) is 0.332. The highest BCUT2D eigenvalue weighted by molar-refractivity contribution is 5.60. The van der Waals surface area contributed by atoms with Crippen LogP contribution in [-0.4, -0.2) is 41.3 Å². The van der Waals surface area contributed by atoms with Crippen molar-refractivity contribution in [3.63, 3.8) is 0 Å². The zero-order chi connectivity index (χ0) is 19.6. The van der Waals surface area contributed by atoms with Crippen LogP contribution in [0.15, 0.2) is 60.7 Å². The van der Waals surface area contributed by atoms with E-state index in [1.54, 1.807) is 0 Å². The lowest BCUT2D eigenvalue weighted by Gasteiger charge is -2.24. The van der Waals surface area contributed by atoms with Crippen molar-refractivity contribution in [3.8, 4) is 0 Å². The van der Waals surface area contributed by atoms with Crippen LogP contribution in [0.5, 0.6) is 0 Å². The first-order valence-electron chi connectivity index (χ1n) is 9.49. The predicted octanol–water partition coefficient (Wildman–Crippen LogP) is 3.23. The SMILES string of the molecule is CC1(C)O[C@H]2O[C@H](/C=[N+](/[O-])Cc3ccccc3)[C@@H](OCc3ccccc3)[C@H]2O1. The summed E-state index contributed by atoms with van der Waals surface area (Å²) in [6.45, 7) is 4.34. The molecule has 2 aliphatic rings. The van der Waals surface area contributed by atoms with E-state index in [9.17, 15) is 5.21 Å². The van der Waals surface area contributed by atoms with Gasteiger partial charge in [0.1, 0.15) is 12.2 Å². The molecule has 4 rings (SSSR count). The Hall–Kier alpha value is -2.25. The molecule has 0 radical (unpaired) electrons. The fraction of sp³-hybridized carbons (Fsp3) is 0.409. The van der Waals surface area contributed by atoms with Gasteiger partial charge < -0.3 is 24.2 Å². The molecule has 6 nitrogen and oxygen atoms in total. The van der Waals surface area contributed by atoms with Gasteiger partial charge in [-0.2, -0.15) is 0 Å². The number of hydrogen-bond donors (Lipinski definition) is 0. The Morgan fingerprint density at radius 3 is 2.32 bits per heavy atom. The minimum atomic E-state index is -0.740. The second kappa shape index (κ2) is 8.01. The highest BCUT2D eigenvalue weighted by Gasteiger charge is 2.56. The predicted molar refractivity (Wildman–Crippen MR) is 104 cm³/mol. The Morgan fingerprint density at radius 1 is 1.00 bits per heavy atom. The number of benzene rings is 2.